The maximum Gasteiger partial charge on any atom is 0.244 e. The zero-order valence-corrected chi connectivity index (χ0v) is 25.2. The zero-order valence-electron chi connectivity index (χ0n) is 23.6. The number of halogens is 1. The molecule has 41 heavy (non-hydrogen) atoms. The van der Waals surface area contributed by atoms with Gasteiger partial charge in [0.15, 0.2) is 0 Å². The summed E-state index contributed by atoms with van der Waals surface area (Å²) in [7, 11) is -3.82. The fraction of sp³-hybridized carbons (Fsp3) is 0.375. The lowest BCUT2D eigenvalue weighted by atomic mass is 10.0. The van der Waals surface area contributed by atoms with Crippen molar-refractivity contribution in [3.05, 3.63) is 101 Å². The predicted molar refractivity (Wildman–Crippen MR) is 164 cm³/mol. The first-order valence-corrected chi connectivity index (χ1v) is 16.3. The monoisotopic (exact) mass is 595 g/mol. The summed E-state index contributed by atoms with van der Waals surface area (Å²) in [4.78, 5) is 29.7. The van der Waals surface area contributed by atoms with E-state index in [1.807, 2.05) is 61.5 Å². The largest absolute Gasteiger partial charge is 0.352 e. The first kappa shape index (κ1) is 30.6. The van der Waals surface area contributed by atoms with Crippen LogP contribution in [-0.4, -0.2) is 50.0 Å². The zero-order chi connectivity index (χ0) is 29.4. The van der Waals surface area contributed by atoms with Gasteiger partial charge in [0.2, 0.25) is 21.8 Å². The lowest BCUT2D eigenvalue weighted by Crippen LogP contribution is -2.54. The van der Waals surface area contributed by atoms with E-state index in [2.05, 4.69) is 5.32 Å². The van der Waals surface area contributed by atoms with Gasteiger partial charge in [0.05, 0.1) is 11.9 Å². The van der Waals surface area contributed by atoms with E-state index >= 15 is 0 Å². The number of benzene rings is 3. The molecule has 1 unspecified atom stereocenters. The lowest BCUT2D eigenvalue weighted by molar-refractivity contribution is -0.140. The summed E-state index contributed by atoms with van der Waals surface area (Å²) in [5.41, 5.74) is 2.84. The van der Waals surface area contributed by atoms with Crippen molar-refractivity contribution in [1.82, 2.24) is 10.2 Å². The second-order valence-corrected chi connectivity index (χ2v) is 12.9. The highest BCUT2D eigenvalue weighted by atomic mass is 35.5. The average Bonchev–Trinajstić information content (AvgIpc) is 3.47. The highest BCUT2D eigenvalue weighted by Crippen LogP contribution is 2.26. The Kier molecular flexibility index (Phi) is 10.5. The van der Waals surface area contributed by atoms with Crippen molar-refractivity contribution in [3.63, 3.8) is 0 Å². The summed E-state index contributed by atoms with van der Waals surface area (Å²) < 4.78 is 27.2. The van der Waals surface area contributed by atoms with Crippen LogP contribution < -0.4 is 9.62 Å². The number of carbonyl (C=O) groups is 2. The third-order valence-corrected chi connectivity index (χ3v) is 9.09. The van der Waals surface area contributed by atoms with E-state index < -0.39 is 28.5 Å². The molecule has 3 aromatic rings. The second kappa shape index (κ2) is 14.0. The summed E-state index contributed by atoms with van der Waals surface area (Å²) in [6.07, 6.45) is 5.88. The minimum atomic E-state index is -3.82. The first-order valence-electron chi connectivity index (χ1n) is 14.1. The van der Waals surface area contributed by atoms with Crippen molar-refractivity contribution in [2.45, 2.75) is 64.1 Å². The van der Waals surface area contributed by atoms with E-state index in [0.29, 0.717) is 22.7 Å². The van der Waals surface area contributed by atoms with E-state index in [9.17, 15) is 18.0 Å². The topological polar surface area (TPSA) is 86.8 Å². The molecule has 1 saturated carbocycles. The van der Waals surface area contributed by atoms with Crippen LogP contribution >= 0.6 is 11.6 Å². The number of nitrogens with one attached hydrogen (secondary N) is 1. The van der Waals surface area contributed by atoms with Crippen LogP contribution in [0.1, 0.15) is 49.3 Å². The number of sulfonamides is 1. The molecule has 1 aliphatic carbocycles. The average molecular weight is 596 g/mol. The molecule has 1 atom stereocenters. The van der Waals surface area contributed by atoms with Crippen molar-refractivity contribution in [2.75, 3.05) is 17.1 Å². The quantitative estimate of drug-likeness (QED) is 0.305. The third-order valence-electron chi connectivity index (χ3n) is 7.59. The van der Waals surface area contributed by atoms with Crippen LogP contribution in [0.25, 0.3) is 0 Å². The van der Waals surface area contributed by atoms with E-state index in [0.717, 1.165) is 47.4 Å². The normalized spacial score (nSPS) is 14.4. The van der Waals surface area contributed by atoms with Crippen LogP contribution in [0.2, 0.25) is 5.02 Å². The van der Waals surface area contributed by atoms with E-state index in [4.69, 9.17) is 11.6 Å². The summed E-state index contributed by atoms with van der Waals surface area (Å²) in [5, 5.41) is 3.64. The summed E-state index contributed by atoms with van der Waals surface area (Å²) in [5.74, 6) is -0.732. The van der Waals surface area contributed by atoms with Gasteiger partial charge in [0.1, 0.15) is 12.6 Å². The fourth-order valence-electron chi connectivity index (χ4n) is 5.38. The predicted octanol–water partition coefficient (Wildman–Crippen LogP) is 5.37. The molecule has 7 nitrogen and oxygen atoms in total. The number of amides is 2. The smallest absolute Gasteiger partial charge is 0.244 e. The molecule has 0 saturated heterocycles. The number of nitrogens with zero attached hydrogens (tertiary/aromatic N) is 2. The Hall–Kier alpha value is -3.36. The molecule has 218 valence electrons. The van der Waals surface area contributed by atoms with Gasteiger partial charge in [0.25, 0.3) is 0 Å². The molecule has 1 fully saturated rings. The number of aryl methyl sites for hydroxylation is 1. The van der Waals surface area contributed by atoms with Gasteiger partial charge in [-0.2, -0.15) is 0 Å². The van der Waals surface area contributed by atoms with Gasteiger partial charge in [-0.3, -0.25) is 13.9 Å². The molecule has 1 N–H and O–H groups in total. The number of rotatable bonds is 12. The van der Waals surface area contributed by atoms with Crippen LogP contribution in [0.5, 0.6) is 0 Å². The molecule has 0 aliphatic heterocycles. The van der Waals surface area contributed by atoms with Gasteiger partial charge >= 0.3 is 0 Å². The number of carbonyl (C=O) groups excluding carboxylic acids is 2. The molecule has 0 bridgehead atoms. The van der Waals surface area contributed by atoms with E-state index in [1.165, 1.54) is 4.90 Å². The Morgan fingerprint density at radius 2 is 1.54 bits per heavy atom. The number of para-hydroxylation sites is 1. The van der Waals surface area contributed by atoms with E-state index in [-0.39, 0.29) is 24.9 Å². The molecule has 0 heterocycles. The van der Waals surface area contributed by atoms with Gasteiger partial charge in [-0.1, -0.05) is 98.1 Å². The molecular weight excluding hydrogens is 558 g/mol. The van der Waals surface area contributed by atoms with Gasteiger partial charge in [-0.25, -0.2) is 8.42 Å². The maximum absolute atomic E-state index is 14.3. The molecule has 2 amide bonds. The first-order chi connectivity index (χ1) is 19.7. The van der Waals surface area contributed by atoms with Crippen molar-refractivity contribution < 1.29 is 18.0 Å². The molecule has 1 aliphatic rings. The maximum atomic E-state index is 14.3. The van der Waals surface area contributed by atoms with Crippen LogP contribution in [0.4, 0.5) is 5.69 Å². The van der Waals surface area contributed by atoms with Crippen molar-refractivity contribution in [2.24, 2.45) is 0 Å². The Bertz CT molecular complexity index is 1440. The summed E-state index contributed by atoms with van der Waals surface area (Å²) in [6, 6.07) is 23.1. The Morgan fingerprint density at radius 1 is 0.927 bits per heavy atom. The molecule has 0 radical (unpaired) electrons. The van der Waals surface area contributed by atoms with Crippen molar-refractivity contribution >= 4 is 39.1 Å². The summed E-state index contributed by atoms with van der Waals surface area (Å²) in [6.45, 7) is 1.55. The van der Waals surface area contributed by atoms with Crippen LogP contribution in [-0.2, 0) is 39.0 Å². The Balaban J connectivity index is 1.75. The van der Waals surface area contributed by atoms with Crippen molar-refractivity contribution in [1.29, 1.82) is 0 Å². The van der Waals surface area contributed by atoms with Crippen LogP contribution in [0.15, 0.2) is 78.9 Å². The third kappa shape index (κ3) is 8.11. The van der Waals surface area contributed by atoms with Crippen LogP contribution in [0, 0.1) is 0 Å². The molecule has 4 rings (SSSR count). The number of hydrogen-bond acceptors (Lipinski definition) is 4. The van der Waals surface area contributed by atoms with Gasteiger partial charge in [-0.15, -0.1) is 0 Å². The minimum absolute atomic E-state index is 0.0567. The minimum Gasteiger partial charge on any atom is -0.352 e. The van der Waals surface area contributed by atoms with Gasteiger partial charge in [-0.05, 0) is 48.1 Å². The summed E-state index contributed by atoms with van der Waals surface area (Å²) >= 11 is 6.52. The number of anilines is 1. The van der Waals surface area contributed by atoms with Crippen molar-refractivity contribution in [3.8, 4) is 0 Å². The molecular formula is C32H38ClN3O4S. The molecule has 0 spiro atoms. The van der Waals surface area contributed by atoms with E-state index in [1.54, 1.807) is 24.3 Å². The molecule has 9 heteroatoms. The number of hydrogen-bond donors (Lipinski definition) is 1. The fourth-order valence-corrected chi connectivity index (χ4v) is 6.46. The highest BCUT2D eigenvalue weighted by molar-refractivity contribution is 7.92. The standard InChI is InChI=1S/C32H38ClN3O4S/c1-3-25-15-8-12-20-29(25)36(41(2,39)40)23-31(37)35(22-26-16-7-11-19-28(26)33)30(21-24-13-5-4-6-14-24)32(38)34-27-17-9-10-18-27/h4-8,11-16,19-20,27,30H,3,9-10,17-18,21-23H2,1-2H3,(H,34,38). The SMILES string of the molecule is CCc1ccccc1N(CC(=O)N(Cc1ccccc1Cl)C(Cc1ccccc1)C(=O)NC1CCCC1)S(C)(=O)=O. The molecule has 0 aromatic heterocycles. The van der Waals surface area contributed by atoms with Gasteiger partial charge < -0.3 is 10.2 Å². The highest BCUT2D eigenvalue weighted by Gasteiger charge is 2.34. The second-order valence-electron chi connectivity index (χ2n) is 10.6. The Labute approximate surface area is 248 Å². The van der Waals surface area contributed by atoms with Gasteiger partial charge in [0, 0.05) is 24.0 Å². The lowest BCUT2D eigenvalue weighted by Gasteiger charge is -2.34. The van der Waals surface area contributed by atoms with Crippen LogP contribution in [0.3, 0.4) is 0 Å². The Morgan fingerprint density at radius 3 is 2.17 bits per heavy atom. The molecule has 3 aromatic carbocycles.